The number of hydrogen-bond acceptors (Lipinski definition) is 13. The summed E-state index contributed by atoms with van der Waals surface area (Å²) >= 11 is 0.829. The van der Waals surface area contributed by atoms with Crippen molar-refractivity contribution in [2.75, 3.05) is 33.3 Å². The average molecular weight is 1250 g/mol. The maximum absolute atomic E-state index is 14.7. The first-order valence-electron chi connectivity index (χ1n) is 28.1. The van der Waals surface area contributed by atoms with E-state index in [1.165, 1.54) is 31.7 Å². The summed E-state index contributed by atoms with van der Waals surface area (Å²) in [5.41, 5.74) is 1.88. The summed E-state index contributed by atoms with van der Waals surface area (Å²) in [7, 11) is -4.79. The van der Waals surface area contributed by atoms with E-state index in [-0.39, 0.29) is 110 Å². The Morgan fingerprint density at radius 1 is 0.897 bits per heavy atom. The van der Waals surface area contributed by atoms with Gasteiger partial charge in [0.05, 0.1) is 18.0 Å². The summed E-state index contributed by atoms with van der Waals surface area (Å²) in [5.74, 6) is -2.03. The largest absolute Gasteiger partial charge is 0.453 e. The van der Waals surface area contributed by atoms with Crippen LogP contribution in [0, 0.1) is 29.4 Å². The van der Waals surface area contributed by atoms with E-state index in [4.69, 9.17) is 10.5 Å². The third kappa shape index (κ3) is 14.1. The van der Waals surface area contributed by atoms with Gasteiger partial charge in [-0.2, -0.15) is 8.78 Å². The number of primary amides is 1. The Balaban J connectivity index is 0.870. The fourth-order valence-corrected chi connectivity index (χ4v) is 13.2. The number of benzene rings is 3. The number of hydrogen-bond donors (Lipinski definition) is 7. The Morgan fingerprint density at radius 2 is 1.64 bits per heavy atom. The Kier molecular flexibility index (Phi) is 19.2. The number of alkyl halides is 2. The highest BCUT2D eigenvalue weighted by molar-refractivity contribution is 7.52. The van der Waals surface area contributed by atoms with Crippen molar-refractivity contribution in [3.05, 3.63) is 105 Å². The van der Waals surface area contributed by atoms with Crippen LogP contribution in [0.15, 0.2) is 60.7 Å². The zero-order chi connectivity index (χ0) is 62.6. The number of likely N-dealkylation sites (tertiary alicyclic amines) is 1. The number of fused-ring (bicyclic) bond motifs is 3. The van der Waals surface area contributed by atoms with Crippen molar-refractivity contribution >= 4 is 88.3 Å². The van der Waals surface area contributed by atoms with Crippen molar-refractivity contribution in [3.63, 3.8) is 0 Å². The molecule has 0 radical (unpaired) electrons. The Hall–Kier alpha value is -8.25. The molecule has 6 atom stereocenters. The van der Waals surface area contributed by atoms with Gasteiger partial charge in [-0.3, -0.25) is 53.0 Å². The molecular weight excluding hydrogens is 1190 g/mol. The molecular formula is C58H62F4N9O14PS. The quantitative estimate of drug-likeness (QED) is 0.0344. The minimum Gasteiger partial charge on any atom is -0.453 e. The molecule has 1 unspecified atom stereocenters. The zero-order valence-corrected chi connectivity index (χ0v) is 48.6. The van der Waals surface area contributed by atoms with E-state index in [1.54, 1.807) is 18.2 Å². The lowest BCUT2D eigenvalue weighted by Crippen LogP contribution is -2.61. The van der Waals surface area contributed by atoms with Crippen molar-refractivity contribution in [2.24, 2.45) is 11.7 Å². The van der Waals surface area contributed by atoms with Crippen LogP contribution in [0.5, 0.6) is 0 Å². The van der Waals surface area contributed by atoms with E-state index in [9.17, 15) is 79.9 Å². The first-order valence-corrected chi connectivity index (χ1v) is 30.5. The molecule has 0 spiro atoms. The number of halogens is 4. The summed E-state index contributed by atoms with van der Waals surface area (Å²) < 4.78 is 74.9. The molecule has 5 aliphatic heterocycles. The normalized spacial score (nSPS) is 20.7. The van der Waals surface area contributed by atoms with Gasteiger partial charge in [0.1, 0.15) is 30.2 Å². The van der Waals surface area contributed by atoms with Crippen LogP contribution in [0.25, 0.3) is 10.1 Å². The Morgan fingerprint density at radius 3 is 2.34 bits per heavy atom. The molecule has 5 aliphatic rings. The van der Waals surface area contributed by atoms with E-state index < -0.39 is 127 Å². The smallest absolute Gasteiger partial charge is 0.409 e. The summed E-state index contributed by atoms with van der Waals surface area (Å²) in [6, 6.07) is 4.77. The molecule has 3 aromatic carbocycles. The van der Waals surface area contributed by atoms with Gasteiger partial charge in [0.15, 0.2) is 11.6 Å². The summed E-state index contributed by atoms with van der Waals surface area (Å²) in [6.07, 6.45) is 0.471. The molecule has 9 rings (SSSR count). The van der Waals surface area contributed by atoms with E-state index >= 15 is 0 Å². The molecule has 87 heavy (non-hydrogen) atoms. The second-order valence-corrected chi connectivity index (χ2v) is 24.8. The van der Waals surface area contributed by atoms with Gasteiger partial charge < -0.3 is 55.8 Å². The highest BCUT2D eigenvalue weighted by Gasteiger charge is 2.51. The van der Waals surface area contributed by atoms with Gasteiger partial charge in [-0.25, -0.2) is 13.6 Å². The molecule has 0 saturated carbocycles. The monoisotopic (exact) mass is 1250 g/mol. The number of thiophene rings is 1. The number of carbonyl (C=O) groups excluding carboxylic acids is 10. The lowest BCUT2D eigenvalue weighted by Gasteiger charge is -2.38. The number of carbonyl (C=O) groups is 10. The van der Waals surface area contributed by atoms with Crippen molar-refractivity contribution in [1.82, 2.24) is 40.9 Å². The molecule has 1 aromatic heterocycles. The maximum atomic E-state index is 14.7. The van der Waals surface area contributed by atoms with Gasteiger partial charge in [-0.15, -0.1) is 11.3 Å². The minimum absolute atomic E-state index is 0.0241. The molecule has 4 aromatic rings. The van der Waals surface area contributed by atoms with Crippen LogP contribution in [0.3, 0.4) is 0 Å². The number of methoxy groups -OCH3 is 1. The topological polar surface area (TPSA) is 325 Å². The SMILES string of the molecule is COC(=O)N1CC[C@H](NC(=O)c2cc3cc(C(F)(F)P(=O)(O)O)ccc3s2)C(=O)N2[C@H](CC[C@H]2C(=O)N[C@@H](CCC(N)=O)C(=O)N[C@@H](Cc2ccc(F)c(F)c2)C(=O)N2CCC(CCC#Cc3cccc4c3CN(C3CCC(=O)NC3=O)C4=O)CC2)C1. The second-order valence-electron chi connectivity index (χ2n) is 22.1. The standard InChI is InChI=1S/C58H62F4N9O14PS/c1-85-57(81)69-24-21-42(65-53(77)47-28-34-27-35(10-16-46(34)87-47)58(61,62)86(82,83)84)56(80)71-36(29-69)11-14-45(71)52(76)64-41(13-17-48(63)72)50(74)66-43(26-32-9-12-39(59)40(60)25-32)55(79)68-22-19-31(20-23-68)5-2-3-6-33-7-4-8-37-38(33)30-70(54(37)78)44-15-18-49(73)67-51(44)75/h4,7-10,12,16,25,27-28,31,36,41-45H,2,5,11,13-15,17-24,26,29-30H2,1H3,(H2,63,72)(H,64,76)(H,65,77)(H,66,74)(H,67,73,75)(H2,82,83,84)/t36-,41+,42+,43+,44?,45+/m1/s1. The van der Waals surface area contributed by atoms with E-state index in [0.717, 1.165) is 48.8 Å². The van der Waals surface area contributed by atoms with E-state index in [2.05, 4.69) is 33.1 Å². The molecule has 0 aliphatic carbocycles. The van der Waals surface area contributed by atoms with Crippen LogP contribution in [0.4, 0.5) is 22.4 Å². The van der Waals surface area contributed by atoms with Gasteiger partial charge >= 0.3 is 19.4 Å². The first-order chi connectivity index (χ1) is 41.3. The number of nitrogens with zero attached hydrogens (tertiary/aromatic N) is 4. The van der Waals surface area contributed by atoms with E-state index in [1.807, 2.05) is 0 Å². The third-order valence-electron chi connectivity index (χ3n) is 16.4. The number of nitrogens with one attached hydrogen (secondary N) is 4. The number of piperidine rings is 2. The van der Waals surface area contributed by atoms with Crippen LogP contribution < -0.4 is 27.0 Å². The van der Waals surface area contributed by atoms with Crippen LogP contribution in [0.2, 0.25) is 0 Å². The average Bonchev–Trinajstić information content (AvgIpc) is 2.20. The van der Waals surface area contributed by atoms with E-state index in [0.29, 0.717) is 42.4 Å². The predicted octanol–water partition coefficient (Wildman–Crippen LogP) is 3.65. The number of amides is 10. The summed E-state index contributed by atoms with van der Waals surface area (Å²) in [6.45, 7) is 0.430. The number of ether oxygens (including phenoxy) is 1. The van der Waals surface area contributed by atoms with Gasteiger partial charge in [0.25, 0.3) is 11.8 Å². The number of nitrogens with two attached hydrogens (primary N) is 1. The molecule has 29 heteroatoms. The van der Waals surface area contributed by atoms with Gasteiger partial charge in [-0.05, 0) is 116 Å². The maximum Gasteiger partial charge on any atom is 0.409 e. The van der Waals surface area contributed by atoms with Crippen molar-refractivity contribution < 1.29 is 84.6 Å². The Bertz CT molecular complexity index is 3570. The van der Waals surface area contributed by atoms with Crippen LogP contribution in [0.1, 0.15) is 113 Å². The number of imide groups is 1. The van der Waals surface area contributed by atoms with Crippen LogP contribution in [-0.2, 0) is 61.5 Å². The zero-order valence-electron chi connectivity index (χ0n) is 46.9. The van der Waals surface area contributed by atoms with Crippen LogP contribution >= 0.6 is 18.9 Å². The summed E-state index contributed by atoms with van der Waals surface area (Å²) in [4.78, 5) is 159. The lowest BCUT2D eigenvalue weighted by atomic mass is 9.91. The molecule has 10 amide bonds. The first kappa shape index (κ1) is 63.3. The molecule has 23 nitrogen and oxygen atoms in total. The molecule has 6 heterocycles. The fraction of sp³-hybridized carbons (Fsp3) is 0.448. The van der Waals surface area contributed by atoms with Gasteiger partial charge in [0, 0.05) is 79.8 Å². The van der Waals surface area contributed by atoms with Gasteiger partial charge in [-0.1, -0.05) is 30.0 Å². The highest BCUT2D eigenvalue weighted by atomic mass is 32.1. The lowest BCUT2D eigenvalue weighted by molar-refractivity contribution is -0.144. The predicted molar refractivity (Wildman–Crippen MR) is 302 cm³/mol. The molecule has 462 valence electrons. The van der Waals surface area contributed by atoms with Crippen molar-refractivity contribution in [2.45, 2.75) is 126 Å². The minimum atomic E-state index is -5.93. The second kappa shape index (κ2) is 26.4. The van der Waals surface area contributed by atoms with Crippen molar-refractivity contribution in [1.29, 1.82) is 0 Å². The Labute approximate surface area is 499 Å². The molecule has 0 bridgehead atoms. The third-order valence-corrected chi connectivity index (χ3v) is 18.5. The highest BCUT2D eigenvalue weighted by Crippen LogP contribution is 2.59. The van der Waals surface area contributed by atoms with Gasteiger partial charge in [0.2, 0.25) is 41.4 Å². The molecule has 8 N–H and O–H groups in total. The molecule has 4 fully saturated rings. The molecule has 4 saturated heterocycles. The summed E-state index contributed by atoms with van der Waals surface area (Å²) in [5, 5.41) is 10.2. The fourth-order valence-electron chi connectivity index (χ4n) is 11.8. The van der Waals surface area contributed by atoms with Crippen LogP contribution in [-0.4, -0.2) is 158 Å². The van der Waals surface area contributed by atoms with Crippen molar-refractivity contribution in [3.8, 4) is 11.8 Å². The number of rotatable bonds is 17.